The lowest BCUT2D eigenvalue weighted by Gasteiger charge is -2.10. The van der Waals surface area contributed by atoms with Crippen molar-refractivity contribution in [3.8, 4) is 17.2 Å². The summed E-state index contributed by atoms with van der Waals surface area (Å²) in [6.07, 6.45) is -0.642. The van der Waals surface area contributed by atoms with Crippen LogP contribution in [0.15, 0.2) is 84.1 Å². The first-order valence-corrected chi connectivity index (χ1v) is 12.5. The van der Waals surface area contributed by atoms with Gasteiger partial charge in [0.1, 0.15) is 17.8 Å². The van der Waals surface area contributed by atoms with Crippen LogP contribution in [0.2, 0.25) is 0 Å². The first-order chi connectivity index (χ1) is 18.7. The van der Waals surface area contributed by atoms with Crippen LogP contribution in [0.4, 0.5) is 13.2 Å². The predicted octanol–water partition coefficient (Wildman–Crippen LogP) is 7.43. The van der Waals surface area contributed by atoms with Crippen molar-refractivity contribution in [3.05, 3.63) is 95.8 Å². The Bertz CT molecular complexity index is 1690. The Morgan fingerprint density at radius 2 is 1.82 bits per heavy atom. The summed E-state index contributed by atoms with van der Waals surface area (Å²) in [7, 11) is 1.65. The number of hydrogen-bond acceptors (Lipinski definition) is 5. The molecule has 198 valence electrons. The van der Waals surface area contributed by atoms with E-state index in [-0.39, 0.29) is 5.75 Å². The highest BCUT2D eigenvalue weighted by Crippen LogP contribution is 2.29. The van der Waals surface area contributed by atoms with Gasteiger partial charge in [-0.25, -0.2) is 4.98 Å². The zero-order valence-corrected chi connectivity index (χ0v) is 22.0. The number of fused-ring (bicyclic) bond motifs is 3. The van der Waals surface area contributed by atoms with Gasteiger partial charge in [-0.3, -0.25) is 9.56 Å². The Labute approximate surface area is 228 Å². The second-order valence-corrected chi connectivity index (χ2v) is 9.65. The lowest BCUT2D eigenvalue weighted by Crippen LogP contribution is -2.17. The summed E-state index contributed by atoms with van der Waals surface area (Å²) < 4.78 is 48.6. The van der Waals surface area contributed by atoms with E-state index < -0.39 is 6.36 Å². The van der Waals surface area contributed by atoms with Gasteiger partial charge in [0, 0.05) is 28.6 Å². The van der Waals surface area contributed by atoms with Crippen molar-refractivity contribution >= 4 is 45.1 Å². The molecule has 0 amide bonds. The summed E-state index contributed by atoms with van der Waals surface area (Å²) >= 11 is 5.57. The van der Waals surface area contributed by atoms with Gasteiger partial charge >= 0.3 is 6.36 Å². The first kappa shape index (κ1) is 26.4. The lowest BCUT2D eigenvalue weighted by atomic mass is 10.1. The molecule has 5 nitrogen and oxygen atoms in total. The van der Waals surface area contributed by atoms with E-state index in [1.54, 1.807) is 25.6 Å². The van der Waals surface area contributed by atoms with E-state index in [1.807, 2.05) is 60.2 Å². The van der Waals surface area contributed by atoms with Crippen molar-refractivity contribution < 1.29 is 22.6 Å². The van der Waals surface area contributed by atoms with Crippen LogP contribution in [0, 0.1) is 6.92 Å². The van der Waals surface area contributed by atoms with Gasteiger partial charge < -0.3 is 9.47 Å². The van der Waals surface area contributed by atoms with Crippen LogP contribution in [0.5, 0.6) is 11.5 Å². The molecule has 0 aliphatic rings. The summed E-state index contributed by atoms with van der Waals surface area (Å²) in [5.41, 5.74) is 5.45. The number of nitrogens with zero attached hydrogens (tertiary/aromatic N) is 3. The lowest BCUT2D eigenvalue weighted by molar-refractivity contribution is -0.274. The molecule has 5 aromatic rings. The summed E-state index contributed by atoms with van der Waals surface area (Å²) in [6, 6.07) is 21.7. The van der Waals surface area contributed by atoms with Gasteiger partial charge in [-0.15, -0.1) is 13.2 Å². The normalized spacial score (nSPS) is 11.9. The minimum atomic E-state index is -4.73. The first-order valence-electron chi connectivity index (χ1n) is 12.1. The number of thiocarbonyl (C=S) groups is 1. The van der Waals surface area contributed by atoms with Crippen molar-refractivity contribution in [2.24, 2.45) is 4.99 Å². The molecule has 1 aromatic heterocycles. The molecule has 1 heterocycles. The number of methoxy groups -OCH3 is 1. The Kier molecular flexibility index (Phi) is 7.34. The molecule has 0 fully saturated rings. The molecule has 5 rings (SSSR count). The molecule has 0 aliphatic heterocycles. The maximum atomic E-state index is 12.5. The fraction of sp³-hybridized carbons (Fsp3) is 0.167. The van der Waals surface area contributed by atoms with Gasteiger partial charge in [0.15, 0.2) is 0 Å². The summed E-state index contributed by atoms with van der Waals surface area (Å²) in [6.45, 7) is 2.47. The number of rotatable bonds is 8. The fourth-order valence-corrected chi connectivity index (χ4v) is 4.72. The highest BCUT2D eigenvalue weighted by atomic mass is 32.1. The number of benzene rings is 4. The standard InChI is InChI=1S/C30H24F3N3O2S/c1-19-3-12-28(37-2)22(13-19)15-25(39)17-34-16-20-4-10-26-21(14-20)5-11-27-29(26)35-18-36(27)23-6-8-24(9-7-23)38-30(31,32)33/h3-14,16,18H,15,17H2,1-2H3. The third-order valence-corrected chi connectivity index (χ3v) is 6.51. The number of halogens is 3. The molecule has 4 aromatic carbocycles. The minimum Gasteiger partial charge on any atom is -0.496 e. The molecule has 39 heavy (non-hydrogen) atoms. The van der Waals surface area contributed by atoms with Crippen LogP contribution >= 0.6 is 12.2 Å². The van der Waals surface area contributed by atoms with Gasteiger partial charge in [-0.1, -0.05) is 48.1 Å². The van der Waals surface area contributed by atoms with Gasteiger partial charge in [0.05, 0.1) is 24.7 Å². The number of hydrogen-bond donors (Lipinski definition) is 0. The van der Waals surface area contributed by atoms with Crippen molar-refractivity contribution in [2.45, 2.75) is 19.7 Å². The largest absolute Gasteiger partial charge is 0.573 e. The molecule has 0 atom stereocenters. The van der Waals surface area contributed by atoms with Gasteiger partial charge in [0.2, 0.25) is 0 Å². The molecular formula is C30H24F3N3O2S. The number of alkyl halides is 3. The molecule has 0 saturated carbocycles. The van der Waals surface area contributed by atoms with Gasteiger partial charge in [0.25, 0.3) is 0 Å². The number of aryl methyl sites for hydroxylation is 1. The molecule has 0 radical (unpaired) electrons. The van der Waals surface area contributed by atoms with E-state index in [0.717, 1.165) is 49.1 Å². The third kappa shape index (κ3) is 6.09. The zero-order chi connectivity index (χ0) is 27.6. The predicted molar refractivity (Wildman–Crippen MR) is 152 cm³/mol. The highest BCUT2D eigenvalue weighted by Gasteiger charge is 2.31. The van der Waals surface area contributed by atoms with Crippen LogP contribution < -0.4 is 9.47 Å². The smallest absolute Gasteiger partial charge is 0.496 e. The Balaban J connectivity index is 1.31. The number of imidazole rings is 1. The van der Waals surface area contributed by atoms with E-state index in [1.165, 1.54) is 12.1 Å². The van der Waals surface area contributed by atoms with Crippen LogP contribution in [0.3, 0.4) is 0 Å². The average molecular weight is 548 g/mol. The molecule has 0 aliphatic carbocycles. The SMILES string of the molecule is COc1ccc(C)cc1CC(=S)CN=Cc1ccc2c(ccc3c2ncn3-c2ccc(OC(F)(F)F)cc2)c1. The van der Waals surface area contributed by atoms with E-state index in [2.05, 4.69) is 20.8 Å². The molecular weight excluding hydrogens is 523 g/mol. The van der Waals surface area contributed by atoms with Crippen LogP contribution in [0.25, 0.3) is 27.5 Å². The topological polar surface area (TPSA) is 48.6 Å². The second kappa shape index (κ2) is 10.9. The fourth-order valence-electron chi connectivity index (χ4n) is 4.49. The quantitative estimate of drug-likeness (QED) is 0.150. The van der Waals surface area contributed by atoms with E-state index >= 15 is 0 Å². The zero-order valence-electron chi connectivity index (χ0n) is 21.2. The van der Waals surface area contributed by atoms with Gasteiger partial charge in [-0.05, 0) is 65.9 Å². The van der Waals surface area contributed by atoms with Crippen molar-refractivity contribution in [2.75, 3.05) is 13.7 Å². The maximum Gasteiger partial charge on any atom is 0.573 e. The number of ether oxygens (including phenoxy) is 2. The van der Waals surface area contributed by atoms with E-state index in [0.29, 0.717) is 18.7 Å². The Morgan fingerprint density at radius 3 is 2.56 bits per heavy atom. The Hall–Kier alpha value is -4.24. The summed E-state index contributed by atoms with van der Waals surface area (Å²) in [4.78, 5) is 9.94. The molecule has 0 N–H and O–H groups in total. The monoisotopic (exact) mass is 547 g/mol. The molecule has 9 heteroatoms. The Morgan fingerprint density at radius 1 is 1.03 bits per heavy atom. The van der Waals surface area contributed by atoms with Crippen molar-refractivity contribution in [1.29, 1.82) is 0 Å². The maximum absolute atomic E-state index is 12.5. The molecule has 0 saturated heterocycles. The number of aliphatic imine (C=N–C) groups is 1. The van der Waals surface area contributed by atoms with Crippen molar-refractivity contribution in [1.82, 2.24) is 9.55 Å². The molecule has 0 spiro atoms. The van der Waals surface area contributed by atoms with Crippen molar-refractivity contribution in [3.63, 3.8) is 0 Å². The van der Waals surface area contributed by atoms with E-state index in [9.17, 15) is 13.2 Å². The summed E-state index contributed by atoms with van der Waals surface area (Å²) in [5, 5.41) is 1.96. The van der Waals surface area contributed by atoms with Crippen LogP contribution in [-0.4, -0.2) is 40.6 Å². The average Bonchev–Trinajstić information content (AvgIpc) is 3.33. The third-order valence-electron chi connectivity index (χ3n) is 6.24. The van der Waals surface area contributed by atoms with Crippen LogP contribution in [-0.2, 0) is 6.42 Å². The van der Waals surface area contributed by atoms with E-state index in [4.69, 9.17) is 17.0 Å². The highest BCUT2D eigenvalue weighted by molar-refractivity contribution is 7.80. The molecule has 0 unspecified atom stereocenters. The second-order valence-electron chi connectivity index (χ2n) is 9.07. The molecule has 0 bridgehead atoms. The number of aromatic nitrogens is 2. The van der Waals surface area contributed by atoms with Gasteiger partial charge in [-0.2, -0.15) is 0 Å². The minimum absolute atomic E-state index is 0.272. The summed E-state index contributed by atoms with van der Waals surface area (Å²) in [5.74, 6) is 0.550. The van der Waals surface area contributed by atoms with Crippen LogP contribution in [0.1, 0.15) is 16.7 Å².